The van der Waals surface area contributed by atoms with Crippen LogP contribution in [0.4, 0.5) is 11.6 Å². The fraction of sp³-hybridized carbons (Fsp3) is 0.765. The molecule has 1 aromatic heterocycles. The summed E-state index contributed by atoms with van der Waals surface area (Å²) in [5, 5.41) is 10.1. The predicted molar refractivity (Wildman–Crippen MR) is 96.6 cm³/mol. The number of β-amino-alcohol motifs (C(OH)–C–C–N with tert-alkyl or cyclic N) is 1. The Morgan fingerprint density at radius 2 is 1.88 bits per heavy atom. The number of hydrogen-bond donors (Lipinski definition) is 1. The normalized spacial score (nSPS) is 26.3. The van der Waals surface area contributed by atoms with Crippen molar-refractivity contribution in [1.82, 2.24) is 19.8 Å². The van der Waals surface area contributed by atoms with Gasteiger partial charge in [-0.15, -0.1) is 0 Å². The molecule has 2 fully saturated rings. The topological polar surface area (TPSA) is 59.0 Å². The van der Waals surface area contributed by atoms with E-state index < -0.39 is 0 Å². The molecule has 0 aliphatic carbocycles. The fourth-order valence-corrected chi connectivity index (χ4v) is 3.66. The zero-order valence-electron chi connectivity index (χ0n) is 15.5. The van der Waals surface area contributed by atoms with Crippen LogP contribution in [0.3, 0.4) is 0 Å². The molecule has 7 nitrogen and oxygen atoms in total. The largest absolute Gasteiger partial charge is 0.391 e. The van der Waals surface area contributed by atoms with Crippen molar-refractivity contribution in [3.05, 3.63) is 12.4 Å². The van der Waals surface area contributed by atoms with E-state index in [4.69, 9.17) is 0 Å². The predicted octanol–water partition coefficient (Wildman–Crippen LogP) is 0.118. The van der Waals surface area contributed by atoms with Gasteiger partial charge < -0.3 is 24.7 Å². The van der Waals surface area contributed by atoms with E-state index in [0.29, 0.717) is 12.6 Å². The second-order valence-electron chi connectivity index (χ2n) is 7.94. The molecule has 0 aromatic carbocycles. The third-order valence-electron chi connectivity index (χ3n) is 5.37. The van der Waals surface area contributed by atoms with Gasteiger partial charge in [-0.2, -0.15) is 0 Å². The number of rotatable bonds is 5. The zero-order valence-corrected chi connectivity index (χ0v) is 15.5. The Labute approximate surface area is 144 Å². The summed E-state index contributed by atoms with van der Waals surface area (Å²) >= 11 is 0. The minimum atomic E-state index is -0.283. The van der Waals surface area contributed by atoms with Crippen molar-refractivity contribution < 1.29 is 5.11 Å². The summed E-state index contributed by atoms with van der Waals surface area (Å²) in [4.78, 5) is 17.9. The van der Waals surface area contributed by atoms with Crippen LogP contribution in [-0.4, -0.2) is 96.9 Å². The number of anilines is 2. The van der Waals surface area contributed by atoms with Gasteiger partial charge in [-0.3, -0.25) is 0 Å². The highest BCUT2D eigenvalue weighted by Crippen LogP contribution is 2.32. The van der Waals surface area contributed by atoms with E-state index in [9.17, 15) is 5.11 Å². The number of aromatic nitrogens is 2. The molecule has 0 radical (unpaired) electrons. The minimum Gasteiger partial charge on any atom is -0.391 e. The van der Waals surface area contributed by atoms with Gasteiger partial charge in [-0.05, 0) is 41.5 Å². The lowest BCUT2D eigenvalue weighted by Crippen LogP contribution is -2.67. The maximum absolute atomic E-state index is 10.1. The molecule has 0 bridgehead atoms. The molecule has 1 aromatic rings. The number of aliphatic hydroxyl groups is 1. The summed E-state index contributed by atoms with van der Waals surface area (Å²) in [7, 11) is 8.38. The van der Waals surface area contributed by atoms with Gasteiger partial charge >= 0.3 is 0 Å². The van der Waals surface area contributed by atoms with Crippen LogP contribution in [0, 0.1) is 0 Å². The highest BCUT2D eigenvalue weighted by Gasteiger charge is 2.41. The van der Waals surface area contributed by atoms with E-state index in [2.05, 4.69) is 70.7 Å². The standard InChI is InChI=1S/C17H30N6O/c1-17(21(4)5)10-22(11-17)15-7-16(19-12-18-15)23-9-14(24)6-13(23)8-20(2)3/h7,12-14,24H,6,8-11H2,1-5H3/t13-,14-/m1/s1. The Bertz CT molecular complexity index is 572. The van der Waals surface area contributed by atoms with Crippen LogP contribution in [0.15, 0.2) is 12.4 Å². The van der Waals surface area contributed by atoms with Crippen molar-refractivity contribution in [2.45, 2.75) is 31.0 Å². The molecule has 24 heavy (non-hydrogen) atoms. The molecule has 2 atom stereocenters. The average Bonchev–Trinajstić information content (AvgIpc) is 2.83. The van der Waals surface area contributed by atoms with Gasteiger partial charge in [0.05, 0.1) is 11.6 Å². The highest BCUT2D eigenvalue weighted by atomic mass is 16.3. The van der Waals surface area contributed by atoms with Crippen molar-refractivity contribution in [1.29, 1.82) is 0 Å². The third kappa shape index (κ3) is 3.34. The van der Waals surface area contributed by atoms with E-state index in [0.717, 1.165) is 37.7 Å². The Morgan fingerprint density at radius 3 is 2.50 bits per heavy atom. The van der Waals surface area contributed by atoms with E-state index in [-0.39, 0.29) is 11.6 Å². The molecule has 0 spiro atoms. The van der Waals surface area contributed by atoms with Crippen LogP contribution < -0.4 is 9.80 Å². The Hall–Kier alpha value is -1.44. The van der Waals surface area contributed by atoms with E-state index in [1.807, 2.05) is 0 Å². The van der Waals surface area contributed by atoms with Crippen LogP contribution in [0.25, 0.3) is 0 Å². The maximum Gasteiger partial charge on any atom is 0.134 e. The summed E-state index contributed by atoms with van der Waals surface area (Å²) in [6.07, 6.45) is 2.15. The Morgan fingerprint density at radius 1 is 1.21 bits per heavy atom. The SMILES string of the molecule is CN(C)C[C@H]1C[C@@H](O)CN1c1cc(N2CC(C)(N(C)C)C2)ncn1. The Kier molecular flexibility index (Phi) is 4.68. The van der Waals surface area contributed by atoms with Crippen LogP contribution in [0.2, 0.25) is 0 Å². The molecule has 0 amide bonds. The van der Waals surface area contributed by atoms with Crippen molar-refractivity contribution in [3.8, 4) is 0 Å². The van der Waals surface area contributed by atoms with Crippen molar-refractivity contribution in [2.75, 3.05) is 64.2 Å². The third-order valence-corrected chi connectivity index (χ3v) is 5.37. The van der Waals surface area contributed by atoms with Crippen LogP contribution in [0.1, 0.15) is 13.3 Å². The average molecular weight is 334 g/mol. The van der Waals surface area contributed by atoms with Crippen molar-refractivity contribution in [3.63, 3.8) is 0 Å². The summed E-state index contributed by atoms with van der Waals surface area (Å²) in [6, 6.07) is 2.36. The first-order valence-electron chi connectivity index (χ1n) is 8.62. The molecule has 0 saturated carbocycles. The van der Waals surface area contributed by atoms with Gasteiger partial charge in [0.25, 0.3) is 0 Å². The first-order chi connectivity index (χ1) is 11.3. The quantitative estimate of drug-likeness (QED) is 0.821. The fourth-order valence-electron chi connectivity index (χ4n) is 3.66. The van der Waals surface area contributed by atoms with Crippen LogP contribution in [-0.2, 0) is 0 Å². The smallest absolute Gasteiger partial charge is 0.134 e. The van der Waals surface area contributed by atoms with E-state index >= 15 is 0 Å². The lowest BCUT2D eigenvalue weighted by atomic mass is 9.91. The van der Waals surface area contributed by atoms with E-state index in [1.54, 1.807) is 6.33 Å². The first-order valence-corrected chi connectivity index (χ1v) is 8.62. The molecular weight excluding hydrogens is 304 g/mol. The zero-order chi connectivity index (χ0) is 17.5. The first kappa shape index (κ1) is 17.4. The highest BCUT2D eigenvalue weighted by molar-refractivity contribution is 5.54. The van der Waals surface area contributed by atoms with Crippen LogP contribution in [0.5, 0.6) is 0 Å². The number of nitrogens with zero attached hydrogens (tertiary/aromatic N) is 6. The van der Waals surface area contributed by atoms with Crippen LogP contribution >= 0.6 is 0 Å². The lowest BCUT2D eigenvalue weighted by molar-refractivity contribution is 0.132. The molecule has 3 heterocycles. The van der Waals surface area contributed by atoms with Crippen molar-refractivity contribution in [2.24, 2.45) is 0 Å². The van der Waals surface area contributed by atoms with Gasteiger partial charge in [-0.1, -0.05) is 0 Å². The molecule has 1 N–H and O–H groups in total. The molecule has 134 valence electrons. The maximum atomic E-state index is 10.1. The van der Waals surface area contributed by atoms with Gasteiger partial charge in [-0.25, -0.2) is 9.97 Å². The minimum absolute atomic E-state index is 0.211. The lowest BCUT2D eigenvalue weighted by Gasteiger charge is -2.52. The molecular formula is C17H30N6O. The van der Waals surface area contributed by atoms with Crippen molar-refractivity contribution >= 4 is 11.6 Å². The summed E-state index contributed by atoms with van der Waals surface area (Å²) in [5.74, 6) is 1.89. The molecule has 3 rings (SSSR count). The number of likely N-dealkylation sites (N-methyl/N-ethyl adjacent to an activating group) is 2. The summed E-state index contributed by atoms with van der Waals surface area (Å²) in [6.45, 7) is 5.78. The van der Waals surface area contributed by atoms with E-state index in [1.165, 1.54) is 0 Å². The van der Waals surface area contributed by atoms with Gasteiger partial charge in [0.2, 0.25) is 0 Å². The second-order valence-corrected chi connectivity index (χ2v) is 7.94. The van der Waals surface area contributed by atoms with Gasteiger partial charge in [0.15, 0.2) is 0 Å². The molecule has 2 aliphatic rings. The number of hydrogen-bond acceptors (Lipinski definition) is 7. The number of aliphatic hydroxyl groups excluding tert-OH is 1. The molecule has 7 heteroatoms. The summed E-state index contributed by atoms with van der Waals surface area (Å²) < 4.78 is 0. The second kappa shape index (κ2) is 6.46. The Balaban J connectivity index is 1.74. The molecule has 0 unspecified atom stereocenters. The van der Waals surface area contributed by atoms with Gasteiger partial charge in [0, 0.05) is 38.3 Å². The molecule has 2 aliphatic heterocycles. The monoisotopic (exact) mass is 334 g/mol. The van der Waals surface area contributed by atoms with Gasteiger partial charge in [0.1, 0.15) is 18.0 Å². The summed E-state index contributed by atoms with van der Waals surface area (Å²) in [5.41, 5.74) is 0.211. The molecule has 2 saturated heterocycles.